The first-order chi connectivity index (χ1) is 6.91. The number of halogens is 1. The number of aromatic nitrogens is 2. The van der Waals surface area contributed by atoms with Gasteiger partial charge in [0.05, 0.1) is 11.2 Å². The van der Waals surface area contributed by atoms with E-state index in [1.165, 1.54) is 10.9 Å². The standard InChI is InChI=1S/C12H15BrN2/c1-12(2,3)11-8-6-5-7-9(13)10(8)15(4)14-11/h5-7H,1-4H3. The lowest BCUT2D eigenvalue weighted by Crippen LogP contribution is -2.12. The Hall–Kier alpha value is -0.830. The summed E-state index contributed by atoms with van der Waals surface area (Å²) in [6, 6.07) is 6.24. The molecule has 0 aliphatic rings. The van der Waals surface area contributed by atoms with Crippen LogP contribution in [0.25, 0.3) is 10.9 Å². The van der Waals surface area contributed by atoms with Crippen molar-refractivity contribution in [3.63, 3.8) is 0 Å². The second kappa shape index (κ2) is 3.34. The molecule has 2 aromatic rings. The van der Waals surface area contributed by atoms with Gasteiger partial charge in [-0.25, -0.2) is 0 Å². The van der Waals surface area contributed by atoms with Gasteiger partial charge < -0.3 is 0 Å². The Morgan fingerprint density at radius 1 is 1.27 bits per heavy atom. The highest BCUT2D eigenvalue weighted by Crippen LogP contribution is 2.32. The van der Waals surface area contributed by atoms with E-state index in [0.717, 1.165) is 10.2 Å². The number of hydrogen-bond acceptors (Lipinski definition) is 1. The Kier molecular flexibility index (Phi) is 2.38. The maximum atomic E-state index is 4.61. The molecule has 0 unspecified atom stereocenters. The van der Waals surface area contributed by atoms with Crippen molar-refractivity contribution < 1.29 is 0 Å². The third kappa shape index (κ3) is 1.69. The van der Waals surface area contributed by atoms with Gasteiger partial charge >= 0.3 is 0 Å². The Labute approximate surface area is 98.4 Å². The molecule has 15 heavy (non-hydrogen) atoms. The number of nitrogens with zero attached hydrogens (tertiary/aromatic N) is 2. The van der Waals surface area contributed by atoms with Crippen LogP contribution in [0.15, 0.2) is 22.7 Å². The van der Waals surface area contributed by atoms with Gasteiger partial charge in [-0.3, -0.25) is 4.68 Å². The monoisotopic (exact) mass is 266 g/mol. The maximum Gasteiger partial charge on any atom is 0.0824 e. The van der Waals surface area contributed by atoms with E-state index in [-0.39, 0.29) is 5.41 Å². The fraction of sp³-hybridized carbons (Fsp3) is 0.417. The lowest BCUT2D eigenvalue weighted by atomic mass is 9.90. The summed E-state index contributed by atoms with van der Waals surface area (Å²) in [6.45, 7) is 6.57. The fourth-order valence-electron chi connectivity index (χ4n) is 1.84. The van der Waals surface area contributed by atoms with Crippen LogP contribution in [0.1, 0.15) is 26.5 Å². The molecule has 1 aromatic heterocycles. The molecule has 0 N–H and O–H groups in total. The van der Waals surface area contributed by atoms with E-state index in [4.69, 9.17) is 0 Å². The van der Waals surface area contributed by atoms with Gasteiger partial charge in [-0.2, -0.15) is 5.10 Å². The van der Waals surface area contributed by atoms with Crippen molar-refractivity contribution >= 4 is 26.8 Å². The van der Waals surface area contributed by atoms with Crippen molar-refractivity contribution in [2.45, 2.75) is 26.2 Å². The zero-order valence-electron chi connectivity index (χ0n) is 9.50. The number of hydrogen-bond donors (Lipinski definition) is 0. The van der Waals surface area contributed by atoms with Crippen molar-refractivity contribution in [3.8, 4) is 0 Å². The lowest BCUT2D eigenvalue weighted by Gasteiger charge is -2.15. The number of para-hydroxylation sites is 1. The molecule has 2 rings (SSSR count). The van der Waals surface area contributed by atoms with Crippen molar-refractivity contribution in [1.82, 2.24) is 9.78 Å². The predicted octanol–water partition coefficient (Wildman–Crippen LogP) is 3.63. The summed E-state index contributed by atoms with van der Waals surface area (Å²) in [5.74, 6) is 0. The molecule has 3 heteroatoms. The normalized spacial score (nSPS) is 12.3. The molecule has 0 aliphatic carbocycles. The van der Waals surface area contributed by atoms with Crippen molar-refractivity contribution in [2.24, 2.45) is 7.05 Å². The first-order valence-corrected chi connectivity index (χ1v) is 5.82. The average molecular weight is 267 g/mol. The van der Waals surface area contributed by atoms with Gasteiger partial charge in [0.15, 0.2) is 0 Å². The van der Waals surface area contributed by atoms with Crippen LogP contribution < -0.4 is 0 Å². The van der Waals surface area contributed by atoms with Crippen LogP contribution in [0.4, 0.5) is 0 Å². The van der Waals surface area contributed by atoms with Crippen molar-refractivity contribution in [1.29, 1.82) is 0 Å². The molecule has 1 aromatic carbocycles. The summed E-state index contributed by atoms with van der Waals surface area (Å²) in [7, 11) is 1.99. The van der Waals surface area contributed by atoms with Crippen LogP contribution in [0.5, 0.6) is 0 Å². The minimum Gasteiger partial charge on any atom is -0.266 e. The zero-order chi connectivity index (χ0) is 11.2. The zero-order valence-corrected chi connectivity index (χ0v) is 11.1. The van der Waals surface area contributed by atoms with Gasteiger partial charge in [0.1, 0.15) is 0 Å². The SMILES string of the molecule is Cn1nc(C(C)(C)C)c2cccc(Br)c21. The van der Waals surface area contributed by atoms with Gasteiger partial charge in [-0.1, -0.05) is 32.9 Å². The van der Waals surface area contributed by atoms with Gasteiger partial charge in [-0.15, -0.1) is 0 Å². The molecule has 1 heterocycles. The van der Waals surface area contributed by atoms with E-state index in [9.17, 15) is 0 Å². The van der Waals surface area contributed by atoms with E-state index in [0.29, 0.717) is 0 Å². The summed E-state index contributed by atoms with van der Waals surface area (Å²) < 4.78 is 3.05. The van der Waals surface area contributed by atoms with Crippen LogP contribution in [-0.4, -0.2) is 9.78 Å². The second-order valence-electron chi connectivity index (χ2n) is 4.86. The Balaban J connectivity index is 2.85. The summed E-state index contributed by atoms with van der Waals surface area (Å²) in [4.78, 5) is 0. The number of aryl methyl sites for hydroxylation is 1. The third-order valence-electron chi connectivity index (χ3n) is 2.53. The molecule has 0 bridgehead atoms. The minimum absolute atomic E-state index is 0.0836. The number of fused-ring (bicyclic) bond motifs is 1. The van der Waals surface area contributed by atoms with E-state index < -0.39 is 0 Å². The van der Waals surface area contributed by atoms with Crippen molar-refractivity contribution in [2.75, 3.05) is 0 Å². The Bertz CT molecular complexity index is 506. The summed E-state index contributed by atoms with van der Waals surface area (Å²) >= 11 is 3.57. The largest absolute Gasteiger partial charge is 0.266 e. The van der Waals surface area contributed by atoms with E-state index in [1.54, 1.807) is 0 Å². The lowest BCUT2D eigenvalue weighted by molar-refractivity contribution is 0.558. The Morgan fingerprint density at radius 2 is 1.93 bits per heavy atom. The minimum atomic E-state index is 0.0836. The predicted molar refractivity (Wildman–Crippen MR) is 67.1 cm³/mol. The molecular formula is C12H15BrN2. The molecule has 0 spiro atoms. The summed E-state index contributed by atoms with van der Waals surface area (Å²) in [5, 5.41) is 5.84. The molecule has 2 nitrogen and oxygen atoms in total. The highest BCUT2D eigenvalue weighted by atomic mass is 79.9. The van der Waals surface area contributed by atoms with Gasteiger partial charge in [0.25, 0.3) is 0 Å². The number of rotatable bonds is 0. The van der Waals surface area contributed by atoms with Crippen LogP contribution >= 0.6 is 15.9 Å². The maximum absolute atomic E-state index is 4.61. The van der Waals surface area contributed by atoms with Crippen LogP contribution in [0.2, 0.25) is 0 Å². The van der Waals surface area contributed by atoms with E-state index >= 15 is 0 Å². The molecule has 80 valence electrons. The first kappa shape index (κ1) is 10.7. The van der Waals surface area contributed by atoms with Gasteiger partial charge in [0, 0.05) is 22.3 Å². The molecule has 0 atom stereocenters. The third-order valence-corrected chi connectivity index (χ3v) is 3.17. The van der Waals surface area contributed by atoms with E-state index in [1.807, 2.05) is 11.7 Å². The highest BCUT2D eigenvalue weighted by molar-refractivity contribution is 9.10. The van der Waals surface area contributed by atoms with Gasteiger partial charge in [0.2, 0.25) is 0 Å². The fourth-order valence-corrected chi connectivity index (χ4v) is 2.47. The number of benzene rings is 1. The second-order valence-corrected chi connectivity index (χ2v) is 5.71. The molecule has 0 radical (unpaired) electrons. The van der Waals surface area contributed by atoms with Gasteiger partial charge in [-0.05, 0) is 22.0 Å². The van der Waals surface area contributed by atoms with Crippen LogP contribution in [-0.2, 0) is 12.5 Å². The highest BCUT2D eigenvalue weighted by Gasteiger charge is 2.22. The van der Waals surface area contributed by atoms with Crippen molar-refractivity contribution in [3.05, 3.63) is 28.4 Å². The summed E-state index contributed by atoms with van der Waals surface area (Å²) in [6.07, 6.45) is 0. The average Bonchev–Trinajstić information content (AvgIpc) is 2.44. The quantitative estimate of drug-likeness (QED) is 0.712. The molecule has 0 saturated heterocycles. The first-order valence-electron chi connectivity index (χ1n) is 5.03. The van der Waals surface area contributed by atoms with E-state index in [2.05, 4.69) is 60.0 Å². The Morgan fingerprint density at radius 3 is 2.53 bits per heavy atom. The molecule has 0 saturated carbocycles. The molecule has 0 fully saturated rings. The van der Waals surface area contributed by atoms with Crippen LogP contribution in [0, 0.1) is 0 Å². The topological polar surface area (TPSA) is 17.8 Å². The molecule has 0 aliphatic heterocycles. The van der Waals surface area contributed by atoms with Crippen LogP contribution in [0.3, 0.4) is 0 Å². The smallest absolute Gasteiger partial charge is 0.0824 e. The molecule has 0 amide bonds. The summed E-state index contributed by atoms with van der Waals surface area (Å²) in [5.41, 5.74) is 2.41. The molecular weight excluding hydrogens is 252 g/mol.